The molecule has 2 atom stereocenters. The zero-order chi connectivity index (χ0) is 9.14. The van der Waals surface area contributed by atoms with Crippen LogP contribution in [0, 0.1) is 11.3 Å². The SMILES string of the molecule is N#CC1CC(F)CN1C(=O)CN. The van der Waals surface area contributed by atoms with E-state index >= 15 is 0 Å². The van der Waals surface area contributed by atoms with Crippen LogP contribution in [0.5, 0.6) is 0 Å². The van der Waals surface area contributed by atoms with Gasteiger partial charge in [-0.1, -0.05) is 0 Å². The molecule has 1 aliphatic rings. The number of halogens is 1. The zero-order valence-corrected chi connectivity index (χ0v) is 6.53. The minimum Gasteiger partial charge on any atom is -0.323 e. The van der Waals surface area contributed by atoms with E-state index in [1.165, 1.54) is 4.90 Å². The molecule has 1 fully saturated rings. The van der Waals surface area contributed by atoms with Gasteiger partial charge in [0, 0.05) is 6.42 Å². The molecular formula is C7H10FN3O. The Morgan fingerprint density at radius 3 is 3.00 bits per heavy atom. The minimum absolute atomic E-state index is 0.00819. The fourth-order valence-electron chi connectivity index (χ4n) is 1.30. The molecule has 2 unspecified atom stereocenters. The summed E-state index contributed by atoms with van der Waals surface area (Å²) in [6.45, 7) is -0.154. The Kier molecular flexibility index (Phi) is 2.61. The van der Waals surface area contributed by atoms with Gasteiger partial charge >= 0.3 is 0 Å². The van der Waals surface area contributed by atoms with Gasteiger partial charge in [-0.3, -0.25) is 4.79 Å². The highest BCUT2D eigenvalue weighted by Crippen LogP contribution is 2.19. The second-order valence-electron chi connectivity index (χ2n) is 2.73. The number of likely N-dealkylation sites (tertiary alicyclic amines) is 1. The third kappa shape index (κ3) is 1.53. The normalized spacial score (nSPS) is 28.6. The van der Waals surface area contributed by atoms with Crippen molar-refractivity contribution in [2.45, 2.75) is 18.6 Å². The van der Waals surface area contributed by atoms with Gasteiger partial charge in [-0.15, -0.1) is 0 Å². The zero-order valence-electron chi connectivity index (χ0n) is 6.53. The second-order valence-corrected chi connectivity index (χ2v) is 2.73. The Labute approximate surface area is 69.7 Å². The largest absolute Gasteiger partial charge is 0.323 e. The first-order valence-electron chi connectivity index (χ1n) is 3.72. The van der Waals surface area contributed by atoms with Gasteiger partial charge < -0.3 is 10.6 Å². The maximum atomic E-state index is 12.7. The molecule has 0 bridgehead atoms. The van der Waals surface area contributed by atoms with E-state index in [1.54, 1.807) is 0 Å². The molecule has 0 aromatic heterocycles. The number of nitrogens with two attached hydrogens (primary N) is 1. The summed E-state index contributed by atoms with van der Waals surface area (Å²) in [6, 6.07) is 1.24. The summed E-state index contributed by atoms with van der Waals surface area (Å²) in [5.74, 6) is -0.360. The highest BCUT2D eigenvalue weighted by Gasteiger charge is 2.34. The Morgan fingerprint density at radius 2 is 2.50 bits per heavy atom. The lowest BCUT2D eigenvalue weighted by molar-refractivity contribution is -0.129. The average Bonchev–Trinajstić information content (AvgIpc) is 2.45. The summed E-state index contributed by atoms with van der Waals surface area (Å²) in [6.07, 6.45) is -0.965. The van der Waals surface area contributed by atoms with Crippen LogP contribution in [0.25, 0.3) is 0 Å². The van der Waals surface area contributed by atoms with Crippen molar-refractivity contribution in [1.82, 2.24) is 4.90 Å². The number of nitrogens with zero attached hydrogens (tertiary/aromatic N) is 2. The standard InChI is InChI=1S/C7H10FN3O/c8-5-1-6(2-9)11(4-5)7(12)3-10/h5-6H,1,3-4,10H2. The van der Waals surface area contributed by atoms with Crippen LogP contribution in [0.4, 0.5) is 4.39 Å². The van der Waals surface area contributed by atoms with E-state index in [2.05, 4.69) is 0 Å². The molecule has 0 aliphatic carbocycles. The Hall–Kier alpha value is -1.15. The molecule has 66 valence electrons. The lowest BCUT2D eigenvalue weighted by Crippen LogP contribution is -2.39. The van der Waals surface area contributed by atoms with Gasteiger partial charge in [0.25, 0.3) is 0 Å². The van der Waals surface area contributed by atoms with E-state index < -0.39 is 12.2 Å². The summed E-state index contributed by atoms with van der Waals surface area (Å²) in [7, 11) is 0. The van der Waals surface area contributed by atoms with Crippen molar-refractivity contribution in [3.63, 3.8) is 0 Å². The monoisotopic (exact) mass is 171 g/mol. The van der Waals surface area contributed by atoms with Crippen LogP contribution >= 0.6 is 0 Å². The summed E-state index contributed by atoms with van der Waals surface area (Å²) >= 11 is 0. The molecular weight excluding hydrogens is 161 g/mol. The highest BCUT2D eigenvalue weighted by molar-refractivity contribution is 5.79. The number of nitriles is 1. The maximum absolute atomic E-state index is 12.7. The Morgan fingerprint density at radius 1 is 1.83 bits per heavy atom. The number of hydrogen-bond acceptors (Lipinski definition) is 3. The quantitative estimate of drug-likeness (QED) is 0.573. The molecule has 0 radical (unpaired) electrons. The van der Waals surface area contributed by atoms with E-state index in [0.717, 1.165) is 0 Å². The predicted molar refractivity (Wildman–Crippen MR) is 39.7 cm³/mol. The molecule has 1 saturated heterocycles. The molecule has 4 nitrogen and oxygen atoms in total. The molecule has 1 rings (SSSR count). The molecule has 0 saturated carbocycles. The summed E-state index contributed by atoms with van der Waals surface area (Å²) < 4.78 is 12.7. The molecule has 1 amide bonds. The minimum atomic E-state index is -1.08. The van der Waals surface area contributed by atoms with Gasteiger partial charge in [0.1, 0.15) is 12.2 Å². The van der Waals surface area contributed by atoms with Gasteiger partial charge in [0.2, 0.25) is 5.91 Å². The van der Waals surface area contributed by atoms with Crippen molar-refractivity contribution in [1.29, 1.82) is 5.26 Å². The van der Waals surface area contributed by atoms with Crippen LogP contribution in [0.3, 0.4) is 0 Å². The van der Waals surface area contributed by atoms with Crippen molar-refractivity contribution in [3.8, 4) is 6.07 Å². The lowest BCUT2D eigenvalue weighted by Gasteiger charge is -2.17. The molecule has 12 heavy (non-hydrogen) atoms. The topological polar surface area (TPSA) is 70.1 Å². The predicted octanol–water partition coefficient (Wildman–Crippen LogP) is -0.592. The van der Waals surface area contributed by atoms with Crippen LogP contribution in [0.2, 0.25) is 0 Å². The number of carbonyl (C=O) groups excluding carboxylic acids is 1. The fourth-order valence-corrected chi connectivity index (χ4v) is 1.30. The fraction of sp³-hybridized carbons (Fsp3) is 0.714. The third-order valence-corrected chi connectivity index (χ3v) is 1.89. The molecule has 2 N–H and O–H groups in total. The molecule has 5 heteroatoms. The molecule has 0 spiro atoms. The van der Waals surface area contributed by atoms with Crippen LogP contribution < -0.4 is 5.73 Å². The van der Waals surface area contributed by atoms with Crippen molar-refractivity contribution >= 4 is 5.91 Å². The van der Waals surface area contributed by atoms with Crippen LogP contribution in [-0.4, -0.2) is 36.1 Å². The van der Waals surface area contributed by atoms with E-state index in [9.17, 15) is 9.18 Å². The van der Waals surface area contributed by atoms with E-state index in [4.69, 9.17) is 11.0 Å². The average molecular weight is 171 g/mol. The third-order valence-electron chi connectivity index (χ3n) is 1.89. The number of rotatable bonds is 1. The van der Waals surface area contributed by atoms with Gasteiger partial charge in [-0.05, 0) is 0 Å². The van der Waals surface area contributed by atoms with E-state index in [0.29, 0.717) is 0 Å². The first-order valence-corrected chi connectivity index (χ1v) is 3.72. The highest BCUT2D eigenvalue weighted by atomic mass is 19.1. The first kappa shape index (κ1) is 8.94. The van der Waals surface area contributed by atoms with E-state index in [-0.39, 0.29) is 25.4 Å². The van der Waals surface area contributed by atoms with Crippen LogP contribution in [-0.2, 0) is 4.79 Å². The molecule has 0 aromatic rings. The number of hydrogen-bond donors (Lipinski definition) is 1. The molecule has 1 aliphatic heterocycles. The summed E-state index contributed by atoms with van der Waals surface area (Å²) in [5.41, 5.74) is 5.09. The first-order chi connectivity index (χ1) is 5.69. The number of carbonyl (C=O) groups is 1. The van der Waals surface area contributed by atoms with Gasteiger partial charge in [-0.2, -0.15) is 5.26 Å². The van der Waals surface area contributed by atoms with Crippen LogP contribution in [0.1, 0.15) is 6.42 Å². The Bertz CT molecular complexity index is 225. The van der Waals surface area contributed by atoms with Crippen molar-refractivity contribution < 1.29 is 9.18 Å². The van der Waals surface area contributed by atoms with E-state index in [1.807, 2.05) is 6.07 Å². The number of amides is 1. The molecule has 1 heterocycles. The van der Waals surface area contributed by atoms with Crippen molar-refractivity contribution in [2.24, 2.45) is 5.73 Å². The maximum Gasteiger partial charge on any atom is 0.237 e. The Balaban J connectivity index is 2.65. The van der Waals surface area contributed by atoms with Crippen LogP contribution in [0.15, 0.2) is 0 Å². The van der Waals surface area contributed by atoms with Crippen molar-refractivity contribution in [3.05, 3.63) is 0 Å². The summed E-state index contributed by atoms with van der Waals surface area (Å²) in [4.78, 5) is 12.2. The lowest BCUT2D eigenvalue weighted by atomic mass is 10.2. The second kappa shape index (κ2) is 3.50. The summed E-state index contributed by atoms with van der Waals surface area (Å²) in [5, 5.41) is 8.55. The smallest absolute Gasteiger partial charge is 0.237 e. The van der Waals surface area contributed by atoms with Gasteiger partial charge in [0.05, 0.1) is 19.2 Å². The molecule has 0 aromatic carbocycles. The number of alkyl halides is 1. The van der Waals surface area contributed by atoms with Gasteiger partial charge in [-0.25, -0.2) is 4.39 Å². The van der Waals surface area contributed by atoms with Crippen molar-refractivity contribution in [2.75, 3.05) is 13.1 Å². The van der Waals surface area contributed by atoms with Gasteiger partial charge in [0.15, 0.2) is 0 Å².